The average molecular weight is 867 g/mol. The molecule has 9 aromatic carbocycles. The Morgan fingerprint density at radius 3 is 0.897 bits per heavy atom. The molecule has 0 N–H and O–H groups in total. The zero-order valence-electron chi connectivity index (χ0n) is 37.0. The van der Waals surface area contributed by atoms with E-state index in [1.54, 1.807) is 0 Å². The Morgan fingerprint density at radius 2 is 0.500 bits per heavy atom. The minimum Gasteiger partial charge on any atom is -0.309 e. The number of hydrogen-bond donors (Lipinski definition) is 0. The van der Waals surface area contributed by atoms with Gasteiger partial charge in [-0.2, -0.15) is 0 Å². The normalized spacial score (nSPS) is 11.5. The highest BCUT2D eigenvalue weighted by molar-refractivity contribution is 6.10. The number of fused-ring (bicyclic) bond motifs is 6. The number of rotatable bonds is 8. The van der Waals surface area contributed by atoms with Crippen LogP contribution in [0, 0.1) is 0 Å². The zero-order chi connectivity index (χ0) is 45.0. The maximum Gasteiger partial charge on any atom is 0.0900 e. The van der Waals surface area contributed by atoms with Crippen LogP contribution >= 0.6 is 0 Å². The van der Waals surface area contributed by atoms with E-state index >= 15 is 0 Å². The van der Waals surface area contributed by atoms with Crippen LogP contribution in [0.3, 0.4) is 0 Å². The van der Waals surface area contributed by atoms with Gasteiger partial charge >= 0.3 is 0 Å². The van der Waals surface area contributed by atoms with Gasteiger partial charge in [0.2, 0.25) is 0 Å². The Bertz CT molecular complexity index is 3910. The lowest BCUT2D eigenvalue weighted by molar-refractivity contribution is 1.17. The zero-order valence-corrected chi connectivity index (χ0v) is 37.0. The lowest BCUT2D eigenvalue weighted by Crippen LogP contribution is -1.98. The maximum absolute atomic E-state index is 5.53. The maximum atomic E-state index is 5.53. The van der Waals surface area contributed by atoms with Crippen molar-refractivity contribution in [2.45, 2.75) is 0 Å². The van der Waals surface area contributed by atoms with Gasteiger partial charge in [0, 0.05) is 44.0 Å². The minimum absolute atomic E-state index is 0.796. The van der Waals surface area contributed by atoms with Gasteiger partial charge in [0.15, 0.2) is 0 Å². The molecule has 0 fully saturated rings. The molecular weight excluding hydrogens is 825 g/mol. The van der Waals surface area contributed by atoms with Crippen LogP contribution in [0.1, 0.15) is 0 Å². The lowest BCUT2D eigenvalue weighted by Gasteiger charge is -2.15. The van der Waals surface area contributed by atoms with Gasteiger partial charge < -0.3 is 9.13 Å². The first-order chi connectivity index (χ1) is 33.7. The number of pyridine rings is 2. The Kier molecular flexibility index (Phi) is 9.47. The predicted molar refractivity (Wildman–Crippen MR) is 283 cm³/mol. The van der Waals surface area contributed by atoms with E-state index in [-0.39, 0.29) is 0 Å². The molecule has 0 aliphatic heterocycles. The van der Waals surface area contributed by atoms with Crippen LogP contribution in [0.15, 0.2) is 255 Å². The Morgan fingerprint density at radius 1 is 0.206 bits per heavy atom. The average Bonchev–Trinajstić information content (AvgIpc) is 3.94. The highest BCUT2D eigenvalue weighted by Crippen LogP contribution is 2.38. The molecule has 0 bridgehead atoms. The molecule has 4 heteroatoms. The van der Waals surface area contributed by atoms with Crippen LogP contribution in [0.25, 0.3) is 122 Å². The van der Waals surface area contributed by atoms with Crippen molar-refractivity contribution in [1.29, 1.82) is 0 Å². The quantitative estimate of drug-likeness (QED) is 0.153. The van der Waals surface area contributed by atoms with Crippen LogP contribution < -0.4 is 0 Å². The van der Waals surface area contributed by atoms with Gasteiger partial charge in [-0.05, 0) is 106 Å². The van der Waals surface area contributed by atoms with Crippen molar-refractivity contribution in [2.24, 2.45) is 0 Å². The highest BCUT2D eigenvalue weighted by Gasteiger charge is 2.18. The van der Waals surface area contributed by atoms with Gasteiger partial charge in [-0.3, -0.25) is 0 Å². The molecular formula is C64H42N4. The van der Waals surface area contributed by atoms with Crippen LogP contribution in [0.5, 0.6) is 0 Å². The van der Waals surface area contributed by atoms with E-state index in [9.17, 15) is 0 Å². The summed E-state index contributed by atoms with van der Waals surface area (Å²) in [6.07, 6.45) is 0. The van der Waals surface area contributed by atoms with Gasteiger partial charge in [0.05, 0.1) is 44.8 Å². The molecule has 318 valence electrons. The fourth-order valence-electron chi connectivity index (χ4n) is 10.1. The first kappa shape index (κ1) is 39.3. The summed E-state index contributed by atoms with van der Waals surface area (Å²) in [5.41, 5.74) is 18.9. The topological polar surface area (TPSA) is 35.6 Å². The highest BCUT2D eigenvalue weighted by atomic mass is 15.0. The molecule has 13 aromatic rings. The van der Waals surface area contributed by atoms with Gasteiger partial charge in [-0.1, -0.05) is 182 Å². The smallest absolute Gasteiger partial charge is 0.0900 e. The molecule has 4 aromatic heterocycles. The van der Waals surface area contributed by atoms with Crippen molar-refractivity contribution in [2.75, 3.05) is 0 Å². The molecule has 68 heavy (non-hydrogen) atoms. The summed E-state index contributed by atoms with van der Waals surface area (Å²) in [5, 5.41) is 4.93. The summed E-state index contributed by atoms with van der Waals surface area (Å²) in [4.78, 5) is 11.1. The summed E-state index contributed by atoms with van der Waals surface area (Å²) in [5.74, 6) is 0. The molecule has 4 nitrogen and oxygen atoms in total. The first-order valence-electron chi connectivity index (χ1n) is 23.1. The minimum atomic E-state index is 0.796. The SMILES string of the molecule is c1ccc(-c2ccc(-c3cc(-c4cccc(-n5c6ccccc6c6ccccc65)c4)nc(-c4cc(-c5ccccc5)cc(-c5cccc(-n6c7ccccc7c7ccccc76)c5)n4)c3)cc2)cc1. The number of benzene rings is 9. The predicted octanol–water partition coefficient (Wildman–Crippen LogP) is 16.7. The second kappa shape index (κ2) is 16.4. The standard InChI is InChI=1S/C64H42N4/c1-3-17-43(18-4-1)45-33-35-46(36-34-45)50-40-58(48-22-16-24-52(38-48)68-63-31-13-9-27-55(63)56-28-10-14-32-64(56)68)66-60(42-50)59-41-49(44-19-5-2-6-20-44)39-57(65-59)47-21-15-23-51(37-47)67-61-29-11-7-25-53(61)54-26-8-12-30-62(54)67/h1-42H. The summed E-state index contributed by atoms with van der Waals surface area (Å²) in [6.45, 7) is 0. The molecule has 0 spiro atoms. The monoisotopic (exact) mass is 866 g/mol. The van der Waals surface area contributed by atoms with Gasteiger partial charge in [-0.15, -0.1) is 0 Å². The van der Waals surface area contributed by atoms with Gasteiger partial charge in [0.1, 0.15) is 0 Å². The summed E-state index contributed by atoms with van der Waals surface area (Å²) < 4.78 is 4.73. The van der Waals surface area contributed by atoms with Gasteiger partial charge in [0.25, 0.3) is 0 Å². The summed E-state index contributed by atoms with van der Waals surface area (Å²) in [7, 11) is 0. The molecule has 0 amide bonds. The molecule has 13 rings (SSSR count). The van der Waals surface area contributed by atoms with Crippen LogP contribution in [-0.4, -0.2) is 19.1 Å². The molecule has 0 aliphatic carbocycles. The second-order valence-electron chi connectivity index (χ2n) is 17.4. The van der Waals surface area contributed by atoms with Crippen molar-refractivity contribution < 1.29 is 0 Å². The molecule has 0 unspecified atom stereocenters. The van der Waals surface area contributed by atoms with E-state index in [4.69, 9.17) is 9.97 Å². The Balaban J connectivity index is 0.996. The van der Waals surface area contributed by atoms with Crippen LogP contribution in [0.2, 0.25) is 0 Å². The van der Waals surface area contributed by atoms with Crippen molar-refractivity contribution in [1.82, 2.24) is 19.1 Å². The van der Waals surface area contributed by atoms with E-state index in [0.29, 0.717) is 0 Å². The molecule has 0 saturated heterocycles. The van der Waals surface area contributed by atoms with E-state index in [1.807, 2.05) is 0 Å². The van der Waals surface area contributed by atoms with Gasteiger partial charge in [-0.25, -0.2) is 9.97 Å². The molecule has 0 aliphatic rings. The largest absolute Gasteiger partial charge is 0.309 e. The van der Waals surface area contributed by atoms with E-state index < -0.39 is 0 Å². The number of nitrogens with zero attached hydrogens (tertiary/aromatic N) is 4. The van der Waals surface area contributed by atoms with E-state index in [0.717, 1.165) is 67.5 Å². The van der Waals surface area contributed by atoms with E-state index in [1.165, 1.54) is 54.7 Å². The fourth-order valence-corrected chi connectivity index (χ4v) is 10.1. The first-order valence-corrected chi connectivity index (χ1v) is 23.1. The third kappa shape index (κ3) is 6.86. The van der Waals surface area contributed by atoms with Crippen LogP contribution in [0.4, 0.5) is 0 Å². The van der Waals surface area contributed by atoms with Crippen molar-refractivity contribution in [3.05, 3.63) is 255 Å². The summed E-state index contributed by atoms with van der Waals surface area (Å²) in [6, 6.07) is 91.0. The number of hydrogen-bond acceptors (Lipinski definition) is 2. The fraction of sp³-hybridized carbons (Fsp3) is 0. The van der Waals surface area contributed by atoms with Crippen molar-refractivity contribution in [3.8, 4) is 78.7 Å². The molecule has 0 saturated carbocycles. The van der Waals surface area contributed by atoms with Crippen LogP contribution in [-0.2, 0) is 0 Å². The Labute approximate surface area is 394 Å². The summed E-state index contributed by atoms with van der Waals surface area (Å²) >= 11 is 0. The number of aromatic nitrogens is 4. The number of para-hydroxylation sites is 4. The third-order valence-corrected chi connectivity index (χ3v) is 13.3. The Hall–Kier alpha value is -9.12. The lowest BCUT2D eigenvalue weighted by atomic mass is 9.97. The molecule has 0 atom stereocenters. The van der Waals surface area contributed by atoms with Crippen molar-refractivity contribution >= 4 is 43.6 Å². The second-order valence-corrected chi connectivity index (χ2v) is 17.4. The van der Waals surface area contributed by atoms with Crippen molar-refractivity contribution in [3.63, 3.8) is 0 Å². The third-order valence-electron chi connectivity index (χ3n) is 13.3. The molecule has 4 heterocycles. The molecule has 0 radical (unpaired) electrons. The van der Waals surface area contributed by atoms with E-state index in [2.05, 4.69) is 264 Å².